The highest BCUT2D eigenvalue weighted by Gasteiger charge is 2.48. The number of nitro groups is 1. The zero-order valence-electron chi connectivity index (χ0n) is 16.8. The first-order valence-electron chi connectivity index (χ1n) is 9.59. The van der Waals surface area contributed by atoms with Crippen LogP contribution in [0.3, 0.4) is 0 Å². The Morgan fingerprint density at radius 3 is 2.40 bits per heavy atom. The number of ether oxygens (including phenoxy) is 1. The third-order valence-electron chi connectivity index (χ3n) is 4.98. The fourth-order valence-electron chi connectivity index (χ4n) is 3.79. The van der Waals surface area contributed by atoms with Crippen LogP contribution in [0.25, 0.3) is 10.9 Å². The van der Waals surface area contributed by atoms with E-state index in [1.54, 1.807) is 69.3 Å². The molecule has 2 aromatic carbocycles. The van der Waals surface area contributed by atoms with Crippen LogP contribution in [-0.4, -0.2) is 32.3 Å². The number of para-hydroxylation sites is 1. The summed E-state index contributed by atoms with van der Waals surface area (Å²) in [6, 6.07) is 14.9. The maximum atomic E-state index is 13.1. The van der Waals surface area contributed by atoms with Crippen molar-refractivity contribution in [2.45, 2.75) is 48.8 Å². The number of hydrogen-bond acceptors (Lipinski definition) is 6. The van der Waals surface area contributed by atoms with Gasteiger partial charge in [-0.2, -0.15) is 0 Å². The lowest BCUT2D eigenvalue weighted by molar-refractivity contribution is -0.536. The van der Waals surface area contributed by atoms with Gasteiger partial charge in [0.05, 0.1) is 10.5 Å². The van der Waals surface area contributed by atoms with Crippen LogP contribution in [0.4, 0.5) is 4.79 Å². The van der Waals surface area contributed by atoms with Crippen molar-refractivity contribution in [2.24, 2.45) is 0 Å². The van der Waals surface area contributed by atoms with E-state index < -0.39 is 34.0 Å². The Kier molecular flexibility index (Phi) is 5.07. The number of aromatic nitrogens is 1. The summed E-state index contributed by atoms with van der Waals surface area (Å²) in [7, 11) is 0. The summed E-state index contributed by atoms with van der Waals surface area (Å²) in [4.78, 5) is 24.6. The number of aliphatic hydroxyl groups excluding tert-OH is 1. The average Bonchev–Trinajstić information content (AvgIpc) is 3.01. The first kappa shape index (κ1) is 20.4. The minimum atomic E-state index is -1.37. The lowest BCUT2D eigenvalue weighted by Crippen LogP contribution is -2.36. The molecule has 30 heavy (non-hydrogen) atoms. The zero-order chi connectivity index (χ0) is 21.6. The van der Waals surface area contributed by atoms with E-state index >= 15 is 0 Å². The fraction of sp³-hybridized carbons (Fsp3) is 0.318. The molecular formula is C22H22N2O5S. The molecule has 8 heteroatoms. The van der Waals surface area contributed by atoms with Crippen molar-refractivity contribution in [2.75, 3.05) is 0 Å². The van der Waals surface area contributed by atoms with Gasteiger partial charge in [0, 0.05) is 15.9 Å². The van der Waals surface area contributed by atoms with E-state index in [2.05, 4.69) is 0 Å². The van der Waals surface area contributed by atoms with Gasteiger partial charge in [0.2, 0.25) is 0 Å². The van der Waals surface area contributed by atoms with Gasteiger partial charge in [-0.1, -0.05) is 60.3 Å². The van der Waals surface area contributed by atoms with Crippen LogP contribution in [0, 0.1) is 10.1 Å². The highest BCUT2D eigenvalue weighted by atomic mass is 32.2. The van der Waals surface area contributed by atoms with E-state index in [4.69, 9.17) is 4.74 Å². The molecule has 0 aliphatic carbocycles. The molecule has 0 bridgehead atoms. The lowest BCUT2D eigenvalue weighted by atomic mass is 9.95. The predicted molar refractivity (Wildman–Crippen MR) is 114 cm³/mol. The van der Waals surface area contributed by atoms with E-state index in [-0.39, 0.29) is 0 Å². The van der Waals surface area contributed by atoms with Crippen LogP contribution in [0.1, 0.15) is 43.3 Å². The van der Waals surface area contributed by atoms with E-state index in [9.17, 15) is 20.0 Å². The molecule has 1 aromatic heterocycles. The quantitative estimate of drug-likeness (QED) is 0.460. The van der Waals surface area contributed by atoms with E-state index in [0.717, 1.165) is 5.56 Å². The van der Waals surface area contributed by atoms with Crippen molar-refractivity contribution in [3.8, 4) is 0 Å². The topological polar surface area (TPSA) is 94.6 Å². The number of rotatable bonds is 2. The first-order valence-corrected chi connectivity index (χ1v) is 10.5. The Balaban J connectivity index is 1.94. The zero-order valence-corrected chi connectivity index (χ0v) is 17.6. The van der Waals surface area contributed by atoms with Gasteiger partial charge in [-0.05, 0) is 32.4 Å². The van der Waals surface area contributed by atoms with Crippen LogP contribution in [0.15, 0.2) is 59.6 Å². The van der Waals surface area contributed by atoms with Crippen LogP contribution in [0.2, 0.25) is 0 Å². The van der Waals surface area contributed by atoms with Crippen molar-refractivity contribution < 1.29 is 19.6 Å². The van der Waals surface area contributed by atoms with Crippen molar-refractivity contribution >= 4 is 28.8 Å². The number of aliphatic hydroxyl groups is 1. The second kappa shape index (κ2) is 7.45. The minimum Gasteiger partial charge on any atom is -0.443 e. The molecule has 3 atom stereocenters. The van der Waals surface area contributed by atoms with Crippen LogP contribution >= 0.6 is 11.8 Å². The standard InChI is InChI=1S/C22H22N2O5S/c1-22(2,3)29-21(26)23-15-12-8-7-11-14(15)16-18(25)17(24(27)28)19(30-20(16)23)13-9-5-4-6-10-13/h4-12,17-19,25H,1-3H3/t17-,18-,19+/m0/s1. The van der Waals surface area contributed by atoms with Crippen LogP contribution in [0.5, 0.6) is 0 Å². The van der Waals surface area contributed by atoms with Gasteiger partial charge in [-0.15, -0.1) is 0 Å². The summed E-state index contributed by atoms with van der Waals surface area (Å²) < 4.78 is 7.03. The van der Waals surface area contributed by atoms with Gasteiger partial charge < -0.3 is 9.84 Å². The number of fused-ring (bicyclic) bond motifs is 3. The number of carbonyl (C=O) groups is 1. The minimum absolute atomic E-state index is 0.398. The van der Waals surface area contributed by atoms with Gasteiger partial charge in [-0.25, -0.2) is 9.36 Å². The SMILES string of the molecule is CC(C)(C)OC(=O)n1c2c(c3ccccc31)[C@H](O)[C@H]([N+](=O)[O-])[C@@H](c1ccccc1)S2. The number of thioether (sulfide) groups is 1. The molecule has 0 radical (unpaired) electrons. The molecule has 0 amide bonds. The number of nitrogens with zero attached hydrogens (tertiary/aromatic N) is 2. The Hall–Kier alpha value is -2.84. The number of hydrogen-bond donors (Lipinski definition) is 1. The molecule has 7 nitrogen and oxygen atoms in total. The summed E-state index contributed by atoms with van der Waals surface area (Å²) in [5.74, 6) is 0. The second-order valence-corrected chi connectivity index (χ2v) is 9.35. The molecule has 0 saturated carbocycles. The third-order valence-corrected chi connectivity index (χ3v) is 6.41. The average molecular weight is 426 g/mol. The molecule has 156 valence electrons. The summed E-state index contributed by atoms with van der Waals surface area (Å²) in [6.07, 6.45) is -1.94. The monoisotopic (exact) mass is 426 g/mol. The first-order chi connectivity index (χ1) is 14.2. The molecule has 0 unspecified atom stereocenters. The van der Waals surface area contributed by atoms with Crippen molar-refractivity contribution in [3.63, 3.8) is 0 Å². The maximum absolute atomic E-state index is 13.1. The van der Waals surface area contributed by atoms with Crippen LogP contribution < -0.4 is 0 Å². The molecule has 1 N–H and O–H groups in total. The molecule has 1 aliphatic heterocycles. The second-order valence-electron chi connectivity index (χ2n) is 8.22. The van der Waals surface area contributed by atoms with Crippen LogP contribution in [-0.2, 0) is 4.74 Å². The van der Waals surface area contributed by atoms with E-state index in [1.165, 1.54) is 16.3 Å². The normalized spacial score (nSPS) is 21.3. The molecule has 3 aromatic rings. The highest BCUT2D eigenvalue weighted by molar-refractivity contribution is 7.99. The highest BCUT2D eigenvalue weighted by Crippen LogP contribution is 2.53. The summed E-state index contributed by atoms with van der Waals surface area (Å²) in [5.41, 5.74) is 0.958. The molecule has 0 saturated heterocycles. The Morgan fingerprint density at radius 2 is 1.77 bits per heavy atom. The lowest BCUT2D eigenvalue weighted by Gasteiger charge is -2.30. The Bertz CT molecular complexity index is 1120. The molecule has 1 aliphatic rings. The van der Waals surface area contributed by atoms with Crippen molar-refractivity contribution in [1.82, 2.24) is 4.57 Å². The van der Waals surface area contributed by atoms with Gasteiger partial charge >= 0.3 is 6.09 Å². The Labute approximate surface area is 177 Å². The van der Waals surface area contributed by atoms with E-state index in [1.807, 2.05) is 6.07 Å². The largest absolute Gasteiger partial charge is 0.443 e. The summed E-state index contributed by atoms with van der Waals surface area (Å²) in [6.45, 7) is 5.34. The van der Waals surface area contributed by atoms with Gasteiger partial charge in [0.1, 0.15) is 10.9 Å². The number of benzene rings is 2. The molecular weight excluding hydrogens is 404 g/mol. The maximum Gasteiger partial charge on any atom is 0.419 e. The molecule has 2 heterocycles. The number of carbonyl (C=O) groups excluding carboxylic acids is 1. The van der Waals surface area contributed by atoms with Gasteiger partial charge in [0.25, 0.3) is 6.04 Å². The predicted octanol–water partition coefficient (Wildman–Crippen LogP) is 4.95. The molecule has 0 spiro atoms. The smallest absolute Gasteiger partial charge is 0.419 e. The third kappa shape index (κ3) is 3.46. The molecule has 0 fully saturated rings. The van der Waals surface area contributed by atoms with Crippen molar-refractivity contribution in [1.29, 1.82) is 0 Å². The van der Waals surface area contributed by atoms with E-state index in [0.29, 0.717) is 21.5 Å². The Morgan fingerprint density at radius 1 is 1.13 bits per heavy atom. The molecule has 4 rings (SSSR count). The fourth-order valence-corrected chi connectivity index (χ4v) is 5.35. The van der Waals surface area contributed by atoms with Gasteiger partial charge in [0.15, 0.2) is 6.10 Å². The summed E-state index contributed by atoms with van der Waals surface area (Å²) in [5, 5.41) is 23.5. The summed E-state index contributed by atoms with van der Waals surface area (Å²) >= 11 is 1.22. The van der Waals surface area contributed by atoms with Gasteiger partial charge in [-0.3, -0.25) is 10.1 Å². The van der Waals surface area contributed by atoms with Crippen molar-refractivity contribution in [3.05, 3.63) is 75.8 Å².